The molecule has 71 heavy (non-hydrogen) atoms. The molecule has 0 bridgehead atoms. The average molecular weight is 1020 g/mol. The molecule has 1 heterocycles. The Labute approximate surface area is 449 Å². The van der Waals surface area contributed by atoms with Gasteiger partial charge >= 0.3 is 51.9 Å². The maximum absolute atomic E-state index is 12.1. The number of aryl methyl sites for hydroxylation is 2. The first-order valence-corrected chi connectivity index (χ1v) is 32.5. The van der Waals surface area contributed by atoms with Crippen LogP contribution in [0.2, 0.25) is 10.8 Å². The molecule has 0 aromatic heterocycles. The van der Waals surface area contributed by atoms with Gasteiger partial charge in [0, 0.05) is 23.1 Å². The van der Waals surface area contributed by atoms with Gasteiger partial charge in [0.05, 0.1) is 0 Å². The Morgan fingerprint density at radius 3 is 1.08 bits per heavy atom. The third kappa shape index (κ3) is 31.8. The van der Waals surface area contributed by atoms with E-state index in [4.69, 9.17) is 0 Å². The van der Waals surface area contributed by atoms with Crippen molar-refractivity contribution < 1.29 is 19.1 Å². The third-order valence-corrected chi connectivity index (χ3v) is 16.2. The van der Waals surface area contributed by atoms with Gasteiger partial charge in [0.1, 0.15) is 5.57 Å². The summed E-state index contributed by atoms with van der Waals surface area (Å²) in [6, 6.07) is 17.9. The summed E-state index contributed by atoms with van der Waals surface area (Å²) in [6.45, 7) is 13.6. The molecule has 0 unspecified atom stereocenters. The van der Waals surface area contributed by atoms with Crippen molar-refractivity contribution in [2.75, 3.05) is 0 Å². The van der Waals surface area contributed by atoms with Crippen LogP contribution < -0.4 is 0 Å². The van der Waals surface area contributed by atoms with Crippen molar-refractivity contribution in [1.29, 1.82) is 0 Å². The van der Waals surface area contributed by atoms with Crippen LogP contribution in [0.15, 0.2) is 59.7 Å². The molecular formula is C68H114N2Ni. The number of hydrogen-bond donors (Lipinski definition) is 0. The van der Waals surface area contributed by atoms with Gasteiger partial charge in [-0.25, -0.2) is 4.70 Å². The number of benzene rings is 2. The predicted octanol–water partition coefficient (Wildman–Crippen LogP) is 23.6. The van der Waals surface area contributed by atoms with E-state index < -0.39 is 0 Å². The average Bonchev–Trinajstić information content (AvgIpc) is 3.67. The summed E-state index contributed by atoms with van der Waals surface area (Å²) in [6.07, 6.45) is 56.2. The summed E-state index contributed by atoms with van der Waals surface area (Å²) < 4.78 is 1.50. The monoisotopic (exact) mass is 1020 g/mol. The zero-order valence-corrected chi connectivity index (χ0v) is 48.9. The molecule has 1 aliphatic heterocycles. The summed E-state index contributed by atoms with van der Waals surface area (Å²) in [5, 5.41) is 2.72. The molecule has 406 valence electrons. The quantitative estimate of drug-likeness (QED) is 0.0273. The maximum atomic E-state index is 12.1. The summed E-state index contributed by atoms with van der Waals surface area (Å²) >= 11 is 1.90. The number of hydrogen-bond acceptors (Lipinski definition) is 0. The molecule has 0 radical (unpaired) electrons. The van der Waals surface area contributed by atoms with Crippen LogP contribution in [0, 0.1) is 11.8 Å². The minimum atomic E-state index is 0.832. The van der Waals surface area contributed by atoms with Crippen molar-refractivity contribution in [1.82, 2.24) is 0 Å². The Balaban J connectivity index is 0.00000229. The molecule has 2 aromatic carbocycles. The van der Waals surface area contributed by atoms with Crippen molar-refractivity contribution >= 4 is 11.4 Å². The van der Waals surface area contributed by atoms with Crippen molar-refractivity contribution in [3.63, 3.8) is 0 Å². The summed E-state index contributed by atoms with van der Waals surface area (Å²) in [5.41, 5.74) is 21.0. The van der Waals surface area contributed by atoms with Crippen LogP contribution >= 0.6 is 0 Å². The van der Waals surface area contributed by atoms with E-state index in [-0.39, 0.29) is 0 Å². The van der Waals surface area contributed by atoms with Crippen molar-refractivity contribution in [2.24, 2.45) is 0 Å². The van der Waals surface area contributed by atoms with E-state index in [1.165, 1.54) is 270 Å². The first kappa shape index (κ1) is 64.7. The van der Waals surface area contributed by atoms with Crippen LogP contribution in [-0.2, 0) is 27.3 Å². The molecular weight excluding hydrogens is 903 g/mol. The molecule has 2 aromatic rings. The first-order chi connectivity index (χ1) is 35.1. The fourth-order valence-corrected chi connectivity index (χ4v) is 11.2. The molecule has 3 heteroatoms. The number of nitrogens with zero attached hydrogens (tertiary/aromatic N) is 2. The Kier molecular flexibility index (Phi) is 43.1. The summed E-state index contributed by atoms with van der Waals surface area (Å²) in [4.78, 5) is 0. The fourth-order valence-electron chi connectivity index (χ4n) is 10.2. The van der Waals surface area contributed by atoms with Gasteiger partial charge in [-0.3, -0.25) is 0 Å². The molecule has 0 saturated heterocycles. The van der Waals surface area contributed by atoms with Crippen LogP contribution in [-0.4, -0.2) is 4.70 Å². The molecule has 3 rings (SSSR count). The predicted molar refractivity (Wildman–Crippen MR) is 314 cm³/mol. The van der Waals surface area contributed by atoms with Crippen LogP contribution in [0.3, 0.4) is 0 Å². The second-order valence-electron chi connectivity index (χ2n) is 21.3. The normalized spacial score (nSPS) is 12.5. The Hall–Kier alpha value is -2.43. The van der Waals surface area contributed by atoms with E-state index in [9.17, 15) is 5.53 Å². The molecule has 0 N–H and O–H groups in total. The number of allylic oxidation sites excluding steroid dienone is 2. The van der Waals surface area contributed by atoms with Crippen LogP contribution in [0.4, 0.5) is 0 Å². The van der Waals surface area contributed by atoms with E-state index in [0.29, 0.717) is 0 Å². The molecule has 0 atom stereocenters. The van der Waals surface area contributed by atoms with Gasteiger partial charge in [-0.15, -0.1) is 0 Å². The van der Waals surface area contributed by atoms with E-state index >= 15 is 0 Å². The van der Waals surface area contributed by atoms with Crippen LogP contribution in [0.5, 0.6) is 0 Å². The van der Waals surface area contributed by atoms with Gasteiger partial charge in [-0.1, -0.05) is 276 Å². The van der Waals surface area contributed by atoms with Gasteiger partial charge in [0.15, 0.2) is 0 Å². The Bertz CT molecular complexity index is 1700. The van der Waals surface area contributed by atoms with Crippen molar-refractivity contribution in [3.05, 3.63) is 87.5 Å². The Morgan fingerprint density at radius 1 is 0.394 bits per heavy atom. The van der Waals surface area contributed by atoms with Gasteiger partial charge in [-0.05, 0) is 73.9 Å². The molecule has 0 aliphatic carbocycles. The summed E-state index contributed by atoms with van der Waals surface area (Å²) in [7, 11) is 0. The Morgan fingerprint density at radius 2 is 0.732 bits per heavy atom. The molecule has 0 amide bonds. The molecule has 0 saturated carbocycles. The zero-order valence-electron chi connectivity index (χ0n) is 47.9. The topological polar surface area (TPSA) is 25.3 Å². The molecule has 0 spiro atoms. The molecule has 1 aliphatic rings. The first-order valence-electron chi connectivity index (χ1n) is 31.1. The van der Waals surface area contributed by atoms with E-state index in [1.54, 1.807) is 0 Å². The third-order valence-electron chi connectivity index (χ3n) is 14.5. The minimum absolute atomic E-state index is 0.832. The van der Waals surface area contributed by atoms with E-state index in [2.05, 4.69) is 102 Å². The molecule has 2 nitrogen and oxygen atoms in total. The zero-order chi connectivity index (χ0) is 51.1. The van der Waals surface area contributed by atoms with Crippen LogP contribution in [0.25, 0.3) is 16.9 Å². The van der Waals surface area contributed by atoms with Crippen LogP contribution in [0.1, 0.15) is 321 Å². The summed E-state index contributed by atoms with van der Waals surface area (Å²) in [5.74, 6) is 7.27. The van der Waals surface area contributed by atoms with Crippen molar-refractivity contribution in [2.45, 2.75) is 322 Å². The molecule has 0 fully saturated rings. The van der Waals surface area contributed by atoms with Gasteiger partial charge in [-0.2, -0.15) is 0 Å². The van der Waals surface area contributed by atoms with E-state index in [0.717, 1.165) is 60.2 Å². The fraction of sp³-hybridized carbons (Fsp3) is 0.735. The SMILES string of the molecule is CCCCCCCCCCCCCCCCCCCCCCCCCCC#CC1=C(c2cccc(CCCCCCCC)c2)[N+](=[N-])C(c2cccc(CCCCCCCC)c2)=C1CC.CC[CH2][Ni][CH2]CC. The van der Waals surface area contributed by atoms with Gasteiger partial charge in [0.2, 0.25) is 11.4 Å². The second-order valence-corrected chi connectivity index (χ2v) is 22.8. The second kappa shape index (κ2) is 47.3. The van der Waals surface area contributed by atoms with Gasteiger partial charge < -0.3 is 5.53 Å². The standard InChI is InChI=1S/C62H100N2.2C3H7.Ni/c1-5-9-12-15-18-19-20-21-22-23-24-25-26-27-28-29-30-31-32-33-34-35-36-37-40-43-52-60-59(8-4)61(57-50-44-48-55(53-57)46-41-38-16-13-10-6-2)64(63)62(60)58-51-45-49-56(54-58)47-42-39-17-14-11-7-3;2*1-3-2;/h44-45,48-51,53-54H,5-42,46-47H2,1-4H3;2*1,3H2,2H3;. The van der Waals surface area contributed by atoms with E-state index in [1.807, 2.05) is 14.4 Å². The van der Waals surface area contributed by atoms with Gasteiger partial charge in [0.25, 0.3) is 0 Å². The number of rotatable bonds is 45. The van der Waals surface area contributed by atoms with Crippen molar-refractivity contribution in [3.8, 4) is 11.8 Å². The number of unbranched alkanes of at least 4 members (excludes halogenated alkanes) is 34.